The molecule has 4 rings (SSSR count). The van der Waals surface area contributed by atoms with Crippen LogP contribution in [0.1, 0.15) is 11.1 Å². The fraction of sp³-hybridized carbons (Fsp3) is 0.0526. The molecule has 3 nitrogen and oxygen atoms in total. The average Bonchev–Trinajstić information content (AvgIpc) is 2.57. The number of benzene rings is 3. The molecule has 5 heteroatoms. The molecule has 1 heterocycles. The number of hydrogen-bond donors (Lipinski definition) is 2. The van der Waals surface area contributed by atoms with Gasteiger partial charge < -0.3 is 0 Å². The molecule has 0 aromatic heterocycles. The fourth-order valence-corrected chi connectivity index (χ4v) is 4.68. The monoisotopic (exact) mass is 357 g/mol. The maximum Gasteiger partial charge on any atom is 0.488 e. The zero-order chi connectivity index (χ0) is 16.7. The maximum absolute atomic E-state index is 10.3. The van der Waals surface area contributed by atoms with Crippen LogP contribution in [-0.2, 0) is 6.42 Å². The molecule has 0 atom stereocenters. The van der Waals surface area contributed by atoms with Gasteiger partial charge in [0.15, 0.2) is 5.30 Å². The van der Waals surface area contributed by atoms with Crippen LogP contribution in [0.25, 0.3) is 11.1 Å². The van der Waals surface area contributed by atoms with Crippen molar-refractivity contribution in [1.29, 1.82) is 0 Å². The number of rotatable bonds is 2. The molecule has 3 aromatic rings. The second-order valence-electron chi connectivity index (χ2n) is 5.77. The molecule has 1 aliphatic heterocycles. The molecule has 0 bridgehead atoms. The average molecular weight is 358 g/mol. The standard InChI is InChI=1S/C19H15ClO3P/c20-17-12-14(10-13-6-2-1-3-7-13)11-16-15-8-4-5-9-18(15)24(21,22)23-19(16)17/h1-9,11-12,21-22H,10H2/q+1. The summed E-state index contributed by atoms with van der Waals surface area (Å²) in [5.74, 6) is 0.338. The van der Waals surface area contributed by atoms with E-state index in [1.807, 2.05) is 42.5 Å². The Kier molecular flexibility index (Phi) is 3.82. The summed E-state index contributed by atoms with van der Waals surface area (Å²) in [5.41, 5.74) is 3.78. The molecule has 1 aliphatic rings. The van der Waals surface area contributed by atoms with Gasteiger partial charge in [0, 0.05) is 11.1 Å². The summed E-state index contributed by atoms with van der Waals surface area (Å²) in [6.45, 7) is 0. The van der Waals surface area contributed by atoms with Crippen LogP contribution < -0.4 is 9.83 Å². The first-order chi connectivity index (χ1) is 11.5. The van der Waals surface area contributed by atoms with Crippen molar-refractivity contribution in [2.45, 2.75) is 6.42 Å². The lowest BCUT2D eigenvalue weighted by molar-refractivity contribution is 0.353. The number of halogens is 1. The molecular formula is C19H15ClO3P+. The van der Waals surface area contributed by atoms with Crippen LogP contribution in [0.15, 0.2) is 66.7 Å². The van der Waals surface area contributed by atoms with Gasteiger partial charge in [-0.3, -0.25) is 4.52 Å². The predicted octanol–water partition coefficient (Wildman–Crippen LogP) is 4.36. The highest BCUT2D eigenvalue weighted by Crippen LogP contribution is 2.59. The Morgan fingerprint density at radius 2 is 1.54 bits per heavy atom. The topological polar surface area (TPSA) is 49.7 Å². The molecule has 0 saturated heterocycles. The zero-order valence-electron chi connectivity index (χ0n) is 12.7. The first-order valence-corrected chi connectivity index (χ1v) is 9.54. The van der Waals surface area contributed by atoms with Gasteiger partial charge >= 0.3 is 7.94 Å². The van der Waals surface area contributed by atoms with Crippen LogP contribution in [0.2, 0.25) is 5.02 Å². The lowest BCUT2D eigenvalue weighted by Gasteiger charge is -2.23. The van der Waals surface area contributed by atoms with Crippen molar-refractivity contribution in [1.82, 2.24) is 0 Å². The minimum atomic E-state index is -3.65. The van der Waals surface area contributed by atoms with Crippen LogP contribution in [0.3, 0.4) is 0 Å². The summed E-state index contributed by atoms with van der Waals surface area (Å²) in [6.07, 6.45) is 0.745. The van der Waals surface area contributed by atoms with Crippen molar-refractivity contribution in [3.63, 3.8) is 0 Å². The molecule has 2 N–H and O–H groups in total. The van der Waals surface area contributed by atoms with Gasteiger partial charge in [-0.05, 0) is 41.8 Å². The summed E-state index contributed by atoms with van der Waals surface area (Å²) < 4.78 is 5.47. The van der Waals surface area contributed by atoms with Gasteiger partial charge in [-0.1, -0.05) is 54.1 Å². The lowest BCUT2D eigenvalue weighted by atomic mass is 9.98. The third kappa shape index (κ3) is 2.70. The van der Waals surface area contributed by atoms with Gasteiger partial charge in [-0.15, -0.1) is 0 Å². The molecule has 0 amide bonds. The highest BCUT2D eigenvalue weighted by Gasteiger charge is 2.48. The van der Waals surface area contributed by atoms with Crippen molar-refractivity contribution in [3.05, 3.63) is 82.9 Å². The Bertz CT molecular complexity index is 910. The molecular weight excluding hydrogens is 343 g/mol. The van der Waals surface area contributed by atoms with Gasteiger partial charge in [0.1, 0.15) is 0 Å². The molecule has 0 radical (unpaired) electrons. The Balaban J connectivity index is 1.84. The van der Waals surface area contributed by atoms with Crippen molar-refractivity contribution >= 4 is 24.8 Å². The van der Waals surface area contributed by atoms with Gasteiger partial charge in [-0.25, -0.2) is 0 Å². The maximum atomic E-state index is 10.3. The van der Waals surface area contributed by atoms with Gasteiger partial charge in [0.2, 0.25) is 5.75 Å². The highest BCUT2D eigenvalue weighted by atomic mass is 35.5. The van der Waals surface area contributed by atoms with Crippen LogP contribution in [-0.4, -0.2) is 9.79 Å². The minimum Gasteiger partial charge on any atom is -0.279 e. The second-order valence-corrected chi connectivity index (χ2v) is 7.93. The molecule has 0 saturated carbocycles. The van der Waals surface area contributed by atoms with Crippen molar-refractivity contribution in [2.75, 3.05) is 0 Å². The van der Waals surface area contributed by atoms with Crippen LogP contribution in [0.4, 0.5) is 0 Å². The van der Waals surface area contributed by atoms with Gasteiger partial charge in [0.25, 0.3) is 0 Å². The van der Waals surface area contributed by atoms with Crippen molar-refractivity contribution < 1.29 is 14.3 Å². The van der Waals surface area contributed by atoms with E-state index in [4.69, 9.17) is 16.1 Å². The Morgan fingerprint density at radius 3 is 2.33 bits per heavy atom. The molecule has 3 aromatic carbocycles. The third-order valence-corrected chi connectivity index (χ3v) is 5.82. The van der Waals surface area contributed by atoms with E-state index in [2.05, 4.69) is 12.1 Å². The summed E-state index contributed by atoms with van der Waals surface area (Å²) in [6, 6.07) is 21.1. The smallest absolute Gasteiger partial charge is 0.279 e. The number of hydrogen-bond acceptors (Lipinski definition) is 3. The normalized spacial score (nSPS) is 14.5. The van der Waals surface area contributed by atoms with Crippen LogP contribution in [0.5, 0.6) is 5.75 Å². The Hall–Kier alpha value is -1.90. The summed E-state index contributed by atoms with van der Waals surface area (Å²) in [5, 5.41) is 0.811. The zero-order valence-corrected chi connectivity index (χ0v) is 14.3. The quantitative estimate of drug-likeness (QED) is 0.670. The molecule has 120 valence electrons. The van der Waals surface area contributed by atoms with E-state index < -0.39 is 7.94 Å². The van der Waals surface area contributed by atoms with E-state index in [1.165, 1.54) is 5.56 Å². The lowest BCUT2D eigenvalue weighted by Crippen LogP contribution is -2.22. The first-order valence-electron chi connectivity index (χ1n) is 7.55. The molecule has 0 spiro atoms. The second kappa shape index (κ2) is 5.87. The SMILES string of the molecule is O[P+]1(O)Oc2c(Cl)cc(Cc3ccccc3)cc2-c2ccccc21. The van der Waals surface area contributed by atoms with Crippen molar-refractivity contribution in [2.24, 2.45) is 0 Å². The summed E-state index contributed by atoms with van der Waals surface area (Å²) in [4.78, 5) is 20.6. The Morgan fingerprint density at radius 1 is 0.833 bits per heavy atom. The largest absolute Gasteiger partial charge is 0.488 e. The van der Waals surface area contributed by atoms with E-state index >= 15 is 0 Å². The van der Waals surface area contributed by atoms with Crippen LogP contribution >= 0.6 is 19.5 Å². The fourth-order valence-electron chi connectivity index (χ4n) is 3.01. The van der Waals surface area contributed by atoms with Crippen LogP contribution in [0, 0.1) is 0 Å². The Labute approximate surface area is 145 Å². The first kappa shape index (κ1) is 15.6. The molecule has 0 unspecified atom stereocenters. The van der Waals surface area contributed by atoms with Gasteiger partial charge in [-0.2, -0.15) is 9.79 Å². The van der Waals surface area contributed by atoms with E-state index in [9.17, 15) is 9.79 Å². The summed E-state index contributed by atoms with van der Waals surface area (Å²) in [7, 11) is -3.65. The predicted molar refractivity (Wildman–Crippen MR) is 97.8 cm³/mol. The minimum absolute atomic E-state index is 0.338. The highest BCUT2D eigenvalue weighted by molar-refractivity contribution is 7.68. The molecule has 0 aliphatic carbocycles. The van der Waals surface area contributed by atoms with E-state index in [-0.39, 0.29) is 0 Å². The third-order valence-electron chi connectivity index (χ3n) is 4.08. The molecule has 0 fully saturated rings. The van der Waals surface area contributed by atoms with E-state index in [0.717, 1.165) is 23.1 Å². The molecule has 24 heavy (non-hydrogen) atoms. The van der Waals surface area contributed by atoms with E-state index in [1.54, 1.807) is 12.1 Å². The number of fused-ring (bicyclic) bond motifs is 3. The van der Waals surface area contributed by atoms with Crippen molar-refractivity contribution in [3.8, 4) is 16.9 Å². The summed E-state index contributed by atoms with van der Waals surface area (Å²) >= 11 is 6.38. The van der Waals surface area contributed by atoms with Gasteiger partial charge in [0.05, 0.1) is 5.02 Å². The van der Waals surface area contributed by atoms with E-state index in [0.29, 0.717) is 16.1 Å².